The number of aliphatic imine (C=N–C) groups is 1. The van der Waals surface area contributed by atoms with Crippen molar-refractivity contribution >= 4 is 5.96 Å². The van der Waals surface area contributed by atoms with Crippen LogP contribution in [-0.2, 0) is 0 Å². The first-order valence-electron chi connectivity index (χ1n) is 5.26. The Morgan fingerprint density at radius 3 is 3.00 bits per heavy atom. The van der Waals surface area contributed by atoms with Crippen LogP contribution in [0.2, 0.25) is 0 Å². The molecule has 1 unspecified atom stereocenters. The molecule has 3 N–H and O–H groups in total. The summed E-state index contributed by atoms with van der Waals surface area (Å²) in [7, 11) is 0. The molecule has 17 heavy (non-hydrogen) atoms. The van der Waals surface area contributed by atoms with Crippen molar-refractivity contribution in [3.63, 3.8) is 0 Å². The summed E-state index contributed by atoms with van der Waals surface area (Å²) in [6.07, 6.45) is 0.777. The minimum atomic E-state index is -2.81. The van der Waals surface area contributed by atoms with Crippen LogP contribution in [0.25, 0.3) is 0 Å². The molecule has 0 radical (unpaired) electrons. The van der Waals surface area contributed by atoms with Gasteiger partial charge in [-0.2, -0.15) is 8.78 Å². The van der Waals surface area contributed by atoms with Crippen LogP contribution in [0.1, 0.15) is 18.0 Å². The average Bonchev–Trinajstić information content (AvgIpc) is 2.28. The monoisotopic (exact) mass is 241 g/mol. The van der Waals surface area contributed by atoms with Gasteiger partial charge in [0.1, 0.15) is 5.75 Å². The van der Waals surface area contributed by atoms with Gasteiger partial charge in [0, 0.05) is 6.54 Å². The van der Waals surface area contributed by atoms with E-state index in [4.69, 9.17) is 5.73 Å². The number of hydrogen-bond acceptors (Lipinski definition) is 4. The number of ether oxygens (including phenoxy) is 1. The Labute approximate surface area is 97.5 Å². The number of benzene rings is 1. The van der Waals surface area contributed by atoms with Crippen LogP contribution in [0.4, 0.5) is 8.78 Å². The highest BCUT2D eigenvalue weighted by atomic mass is 19.3. The number of guanidine groups is 1. The molecule has 1 heterocycles. The molecule has 6 heteroatoms. The van der Waals surface area contributed by atoms with Crippen molar-refractivity contribution < 1.29 is 13.5 Å². The smallest absolute Gasteiger partial charge is 0.387 e. The molecule has 4 nitrogen and oxygen atoms in total. The zero-order valence-corrected chi connectivity index (χ0v) is 9.07. The Morgan fingerprint density at radius 2 is 2.29 bits per heavy atom. The Hall–Kier alpha value is -1.85. The second-order valence-corrected chi connectivity index (χ2v) is 3.70. The summed E-state index contributed by atoms with van der Waals surface area (Å²) >= 11 is 0. The number of alkyl halides is 2. The third kappa shape index (κ3) is 3.05. The van der Waals surface area contributed by atoms with Gasteiger partial charge in [0.05, 0.1) is 6.04 Å². The quantitative estimate of drug-likeness (QED) is 0.845. The highest BCUT2D eigenvalue weighted by Crippen LogP contribution is 2.24. The lowest BCUT2D eigenvalue weighted by molar-refractivity contribution is -0.0499. The molecule has 1 aliphatic heterocycles. The third-order valence-corrected chi connectivity index (χ3v) is 2.51. The minimum absolute atomic E-state index is 0.00581. The van der Waals surface area contributed by atoms with Crippen LogP contribution in [0.15, 0.2) is 29.3 Å². The summed E-state index contributed by atoms with van der Waals surface area (Å²) in [5.41, 5.74) is 6.43. The summed E-state index contributed by atoms with van der Waals surface area (Å²) in [4.78, 5) is 4.01. The molecule has 0 bridgehead atoms. The van der Waals surface area contributed by atoms with Crippen LogP contribution in [-0.4, -0.2) is 19.1 Å². The van der Waals surface area contributed by atoms with E-state index in [-0.39, 0.29) is 11.8 Å². The zero-order chi connectivity index (χ0) is 12.3. The lowest BCUT2D eigenvalue weighted by Crippen LogP contribution is -2.38. The second-order valence-electron chi connectivity index (χ2n) is 3.70. The van der Waals surface area contributed by atoms with Gasteiger partial charge >= 0.3 is 6.61 Å². The Kier molecular flexibility index (Phi) is 3.41. The molecule has 0 aliphatic carbocycles. The van der Waals surface area contributed by atoms with Crippen LogP contribution >= 0.6 is 0 Å². The normalized spacial score (nSPS) is 19.7. The van der Waals surface area contributed by atoms with Crippen LogP contribution in [0.3, 0.4) is 0 Å². The molecule has 1 atom stereocenters. The van der Waals surface area contributed by atoms with Crippen LogP contribution in [0.5, 0.6) is 5.75 Å². The van der Waals surface area contributed by atoms with Gasteiger partial charge in [-0.25, -0.2) is 0 Å². The first-order valence-corrected chi connectivity index (χ1v) is 5.26. The molecule has 2 rings (SSSR count). The average molecular weight is 241 g/mol. The fourth-order valence-electron chi connectivity index (χ4n) is 1.77. The van der Waals surface area contributed by atoms with Crippen molar-refractivity contribution in [1.29, 1.82) is 0 Å². The van der Waals surface area contributed by atoms with Crippen molar-refractivity contribution in [2.75, 3.05) is 6.54 Å². The number of nitrogens with zero attached hydrogens (tertiary/aromatic N) is 1. The number of nitrogens with one attached hydrogen (secondary N) is 1. The van der Waals surface area contributed by atoms with E-state index < -0.39 is 6.61 Å². The molecule has 0 spiro atoms. The highest BCUT2D eigenvalue weighted by molar-refractivity contribution is 5.78. The third-order valence-electron chi connectivity index (χ3n) is 2.51. The summed E-state index contributed by atoms with van der Waals surface area (Å²) in [5.74, 6) is 0.529. The van der Waals surface area contributed by atoms with Crippen molar-refractivity contribution in [2.45, 2.75) is 19.1 Å². The van der Waals surface area contributed by atoms with E-state index in [0.717, 1.165) is 12.0 Å². The fraction of sp³-hybridized carbons (Fsp3) is 0.364. The van der Waals surface area contributed by atoms with Crippen LogP contribution < -0.4 is 15.8 Å². The molecule has 0 saturated carbocycles. The standard InChI is InChI=1S/C11H13F2N3O/c12-10(13)17-8-3-1-2-7(6-8)9-4-5-15-11(14)16-9/h1-3,6,9-10H,4-5H2,(H3,14,15,16). The minimum Gasteiger partial charge on any atom is -0.435 e. The highest BCUT2D eigenvalue weighted by Gasteiger charge is 2.16. The Bertz CT molecular complexity index is 423. The molecule has 0 amide bonds. The van der Waals surface area contributed by atoms with Gasteiger partial charge in [-0.3, -0.25) is 4.99 Å². The van der Waals surface area contributed by atoms with Gasteiger partial charge in [0.2, 0.25) is 0 Å². The van der Waals surface area contributed by atoms with E-state index in [1.54, 1.807) is 12.1 Å². The molecule has 0 saturated heterocycles. The molecule has 0 fully saturated rings. The van der Waals surface area contributed by atoms with Crippen molar-refractivity contribution in [2.24, 2.45) is 10.7 Å². The first kappa shape index (κ1) is 11.6. The lowest BCUT2D eigenvalue weighted by atomic mass is 10.0. The van der Waals surface area contributed by atoms with E-state index in [1.165, 1.54) is 6.07 Å². The lowest BCUT2D eigenvalue weighted by Gasteiger charge is -2.23. The summed E-state index contributed by atoms with van der Waals surface area (Å²) < 4.78 is 28.5. The van der Waals surface area contributed by atoms with Crippen molar-refractivity contribution in [1.82, 2.24) is 5.32 Å². The van der Waals surface area contributed by atoms with Gasteiger partial charge < -0.3 is 15.8 Å². The first-order chi connectivity index (χ1) is 8.15. The number of rotatable bonds is 3. The molecule has 1 aromatic rings. The van der Waals surface area contributed by atoms with Crippen molar-refractivity contribution in [3.8, 4) is 5.75 Å². The van der Waals surface area contributed by atoms with E-state index >= 15 is 0 Å². The Balaban J connectivity index is 2.13. The fourth-order valence-corrected chi connectivity index (χ4v) is 1.77. The predicted molar refractivity (Wildman–Crippen MR) is 60.1 cm³/mol. The van der Waals surface area contributed by atoms with Gasteiger partial charge in [-0.15, -0.1) is 0 Å². The predicted octanol–water partition coefficient (Wildman–Crippen LogP) is 1.64. The largest absolute Gasteiger partial charge is 0.435 e. The van der Waals surface area contributed by atoms with Gasteiger partial charge in [-0.1, -0.05) is 12.1 Å². The van der Waals surface area contributed by atoms with E-state index in [1.807, 2.05) is 6.07 Å². The molecular formula is C11H13F2N3O. The number of hydrogen-bond donors (Lipinski definition) is 2. The van der Waals surface area contributed by atoms with E-state index in [9.17, 15) is 8.78 Å². The summed E-state index contributed by atoms with van der Waals surface area (Å²) in [6, 6.07) is 6.60. The number of halogens is 2. The molecular weight excluding hydrogens is 228 g/mol. The number of nitrogens with two attached hydrogens (primary N) is 1. The van der Waals surface area contributed by atoms with Crippen LogP contribution in [0, 0.1) is 0 Å². The van der Waals surface area contributed by atoms with Gasteiger partial charge in [-0.05, 0) is 24.1 Å². The van der Waals surface area contributed by atoms with E-state index in [2.05, 4.69) is 15.0 Å². The maximum Gasteiger partial charge on any atom is 0.387 e. The maximum atomic E-state index is 12.1. The molecule has 92 valence electrons. The van der Waals surface area contributed by atoms with Gasteiger partial charge in [0.15, 0.2) is 5.96 Å². The molecule has 0 aromatic heterocycles. The SMILES string of the molecule is NC1=NCCC(c2cccc(OC(F)F)c2)N1. The summed E-state index contributed by atoms with van der Waals surface area (Å²) in [5, 5.41) is 3.00. The topological polar surface area (TPSA) is 59.6 Å². The maximum absolute atomic E-state index is 12.1. The molecule has 1 aromatic carbocycles. The molecule has 1 aliphatic rings. The second kappa shape index (κ2) is 4.99. The van der Waals surface area contributed by atoms with Crippen molar-refractivity contribution in [3.05, 3.63) is 29.8 Å². The Morgan fingerprint density at radius 1 is 1.47 bits per heavy atom. The van der Waals surface area contributed by atoms with Gasteiger partial charge in [0.25, 0.3) is 0 Å². The van der Waals surface area contributed by atoms with E-state index in [0.29, 0.717) is 12.5 Å². The summed E-state index contributed by atoms with van der Waals surface area (Å²) in [6.45, 7) is -2.18. The zero-order valence-electron chi connectivity index (χ0n) is 9.07.